The lowest BCUT2D eigenvalue weighted by atomic mass is 9.87. The molecule has 2 aliphatic rings. The number of piperidine rings is 1. The Kier molecular flexibility index (Phi) is 4.66. The van der Waals surface area contributed by atoms with Crippen LogP contribution < -0.4 is 5.32 Å². The van der Waals surface area contributed by atoms with Crippen LogP contribution in [0.25, 0.3) is 0 Å². The molecule has 2 heteroatoms. The van der Waals surface area contributed by atoms with Crippen molar-refractivity contribution >= 4 is 0 Å². The number of hydrogen-bond donors (Lipinski definition) is 1. The first-order chi connectivity index (χ1) is 7.75. The lowest BCUT2D eigenvalue weighted by Gasteiger charge is -2.35. The quantitative estimate of drug-likeness (QED) is 0.793. The van der Waals surface area contributed by atoms with Crippen LogP contribution in [0.1, 0.15) is 51.9 Å². The molecule has 0 spiro atoms. The van der Waals surface area contributed by atoms with Gasteiger partial charge in [-0.15, -0.1) is 0 Å². The van der Waals surface area contributed by atoms with Crippen LogP contribution in [0.5, 0.6) is 0 Å². The summed E-state index contributed by atoms with van der Waals surface area (Å²) in [6.07, 6.45) is 9.90. The summed E-state index contributed by atoms with van der Waals surface area (Å²) in [7, 11) is 2.29. The third-order valence-electron chi connectivity index (χ3n) is 4.50. The monoisotopic (exact) mass is 224 g/mol. The van der Waals surface area contributed by atoms with Crippen LogP contribution >= 0.6 is 0 Å². The maximum atomic E-state index is 3.81. The zero-order valence-electron chi connectivity index (χ0n) is 11.0. The number of nitrogens with one attached hydrogen (secondary N) is 1. The van der Waals surface area contributed by atoms with Gasteiger partial charge in [0.05, 0.1) is 0 Å². The van der Waals surface area contributed by atoms with Crippen molar-refractivity contribution < 1.29 is 0 Å². The van der Waals surface area contributed by atoms with Gasteiger partial charge in [-0.05, 0) is 45.2 Å². The van der Waals surface area contributed by atoms with Crippen molar-refractivity contribution in [3.8, 4) is 0 Å². The van der Waals surface area contributed by atoms with E-state index in [1.807, 2.05) is 0 Å². The number of nitrogens with zero attached hydrogens (tertiary/aromatic N) is 1. The summed E-state index contributed by atoms with van der Waals surface area (Å²) in [5.74, 6) is 0.940. The van der Waals surface area contributed by atoms with E-state index in [-0.39, 0.29) is 0 Å². The van der Waals surface area contributed by atoms with Crippen molar-refractivity contribution in [2.45, 2.75) is 64.0 Å². The topological polar surface area (TPSA) is 15.3 Å². The molecule has 2 fully saturated rings. The first kappa shape index (κ1) is 12.4. The van der Waals surface area contributed by atoms with E-state index in [2.05, 4.69) is 24.2 Å². The van der Waals surface area contributed by atoms with Gasteiger partial charge in [-0.3, -0.25) is 0 Å². The van der Waals surface area contributed by atoms with E-state index in [9.17, 15) is 0 Å². The van der Waals surface area contributed by atoms with E-state index in [4.69, 9.17) is 0 Å². The molecule has 3 atom stereocenters. The minimum Gasteiger partial charge on any atom is -0.312 e. The zero-order valence-corrected chi connectivity index (χ0v) is 11.0. The summed E-state index contributed by atoms with van der Waals surface area (Å²) >= 11 is 0. The first-order valence-corrected chi connectivity index (χ1v) is 7.19. The Morgan fingerprint density at radius 1 is 1.12 bits per heavy atom. The van der Waals surface area contributed by atoms with E-state index < -0.39 is 0 Å². The van der Waals surface area contributed by atoms with Crippen LogP contribution in [0.4, 0.5) is 0 Å². The molecule has 0 bridgehead atoms. The predicted molar refractivity (Wildman–Crippen MR) is 69.7 cm³/mol. The highest BCUT2D eigenvalue weighted by Gasteiger charge is 2.22. The van der Waals surface area contributed by atoms with Gasteiger partial charge in [-0.1, -0.05) is 26.2 Å². The standard InChI is InChI=1S/C14H28N2/c1-12-6-5-7-13(10-12)15-11-14-8-3-4-9-16(14)2/h12-15H,3-11H2,1-2H3. The summed E-state index contributed by atoms with van der Waals surface area (Å²) in [6, 6.07) is 1.60. The molecule has 0 aromatic rings. The fraction of sp³-hybridized carbons (Fsp3) is 1.00. The molecule has 16 heavy (non-hydrogen) atoms. The third kappa shape index (κ3) is 3.46. The lowest BCUT2D eigenvalue weighted by Crippen LogP contribution is -2.46. The van der Waals surface area contributed by atoms with Gasteiger partial charge in [0, 0.05) is 18.6 Å². The van der Waals surface area contributed by atoms with Gasteiger partial charge in [0.1, 0.15) is 0 Å². The number of likely N-dealkylation sites (N-methyl/N-ethyl adjacent to an activating group) is 1. The molecule has 1 aliphatic carbocycles. The second kappa shape index (κ2) is 6.02. The molecule has 94 valence electrons. The highest BCUT2D eigenvalue weighted by Crippen LogP contribution is 2.24. The fourth-order valence-corrected chi connectivity index (χ4v) is 3.32. The average molecular weight is 224 g/mol. The molecule has 0 radical (unpaired) electrons. The van der Waals surface area contributed by atoms with Gasteiger partial charge >= 0.3 is 0 Å². The number of hydrogen-bond acceptors (Lipinski definition) is 2. The molecule has 1 heterocycles. The minimum absolute atomic E-state index is 0.797. The number of likely N-dealkylation sites (tertiary alicyclic amines) is 1. The highest BCUT2D eigenvalue weighted by molar-refractivity contribution is 4.81. The Balaban J connectivity index is 1.69. The summed E-state index contributed by atoms with van der Waals surface area (Å²) in [5.41, 5.74) is 0. The van der Waals surface area contributed by atoms with Crippen molar-refractivity contribution in [3.05, 3.63) is 0 Å². The Hall–Kier alpha value is -0.0800. The van der Waals surface area contributed by atoms with Crippen molar-refractivity contribution in [1.82, 2.24) is 10.2 Å². The largest absolute Gasteiger partial charge is 0.312 e. The second-order valence-corrected chi connectivity index (χ2v) is 6.01. The van der Waals surface area contributed by atoms with Gasteiger partial charge in [-0.25, -0.2) is 0 Å². The second-order valence-electron chi connectivity index (χ2n) is 6.01. The highest BCUT2D eigenvalue weighted by atomic mass is 15.2. The van der Waals surface area contributed by atoms with E-state index >= 15 is 0 Å². The summed E-state index contributed by atoms with van der Waals surface area (Å²) in [4.78, 5) is 2.54. The molecular formula is C14H28N2. The fourth-order valence-electron chi connectivity index (χ4n) is 3.32. The molecule has 1 N–H and O–H groups in total. The maximum absolute atomic E-state index is 3.81. The van der Waals surface area contributed by atoms with Gasteiger partial charge in [0.15, 0.2) is 0 Å². The predicted octanol–water partition coefficient (Wildman–Crippen LogP) is 2.64. The van der Waals surface area contributed by atoms with Crippen LogP contribution in [-0.2, 0) is 0 Å². The first-order valence-electron chi connectivity index (χ1n) is 7.19. The van der Waals surface area contributed by atoms with E-state index in [0.29, 0.717) is 0 Å². The van der Waals surface area contributed by atoms with E-state index in [0.717, 1.165) is 18.0 Å². The summed E-state index contributed by atoms with van der Waals surface area (Å²) in [6.45, 7) is 4.92. The van der Waals surface area contributed by atoms with Crippen molar-refractivity contribution in [1.29, 1.82) is 0 Å². The molecule has 2 nitrogen and oxygen atoms in total. The van der Waals surface area contributed by atoms with Gasteiger partial charge in [0.2, 0.25) is 0 Å². The smallest absolute Gasteiger partial charge is 0.0217 e. The van der Waals surface area contributed by atoms with Crippen LogP contribution in [0, 0.1) is 5.92 Å². The minimum atomic E-state index is 0.797. The lowest BCUT2D eigenvalue weighted by molar-refractivity contribution is 0.171. The van der Waals surface area contributed by atoms with E-state index in [1.165, 1.54) is 58.0 Å². The summed E-state index contributed by atoms with van der Waals surface area (Å²) < 4.78 is 0. The van der Waals surface area contributed by atoms with Gasteiger partial charge in [0.25, 0.3) is 0 Å². The molecular weight excluding hydrogens is 196 g/mol. The van der Waals surface area contributed by atoms with Crippen molar-refractivity contribution in [3.63, 3.8) is 0 Å². The number of rotatable bonds is 3. The molecule has 0 aromatic heterocycles. The Bertz CT molecular complexity index is 205. The Morgan fingerprint density at radius 3 is 2.75 bits per heavy atom. The van der Waals surface area contributed by atoms with Crippen LogP contribution in [0.15, 0.2) is 0 Å². The van der Waals surface area contributed by atoms with Gasteiger partial charge in [-0.2, -0.15) is 0 Å². The van der Waals surface area contributed by atoms with E-state index in [1.54, 1.807) is 0 Å². The third-order valence-corrected chi connectivity index (χ3v) is 4.50. The molecule has 0 amide bonds. The molecule has 0 aromatic carbocycles. The Labute approximate surface area is 101 Å². The average Bonchev–Trinajstić information content (AvgIpc) is 2.28. The maximum Gasteiger partial charge on any atom is 0.0217 e. The van der Waals surface area contributed by atoms with Gasteiger partial charge < -0.3 is 10.2 Å². The molecule has 2 rings (SSSR count). The van der Waals surface area contributed by atoms with Crippen LogP contribution in [0.3, 0.4) is 0 Å². The molecule has 1 aliphatic heterocycles. The van der Waals surface area contributed by atoms with Crippen molar-refractivity contribution in [2.24, 2.45) is 5.92 Å². The van der Waals surface area contributed by atoms with Crippen molar-refractivity contribution in [2.75, 3.05) is 20.1 Å². The molecule has 3 unspecified atom stereocenters. The summed E-state index contributed by atoms with van der Waals surface area (Å²) in [5, 5.41) is 3.81. The molecule has 1 saturated carbocycles. The Morgan fingerprint density at radius 2 is 2.00 bits per heavy atom. The van der Waals surface area contributed by atoms with Crippen LogP contribution in [0.2, 0.25) is 0 Å². The van der Waals surface area contributed by atoms with Crippen LogP contribution in [-0.4, -0.2) is 37.1 Å². The SMILES string of the molecule is CC1CCCC(NCC2CCCCN2C)C1. The zero-order chi connectivity index (χ0) is 11.4. The normalized spacial score (nSPS) is 37.5. The molecule has 1 saturated heterocycles.